The van der Waals surface area contributed by atoms with Crippen molar-refractivity contribution in [3.8, 4) is 0 Å². The molecule has 0 atom stereocenters. The second-order valence-corrected chi connectivity index (χ2v) is 2.02. The van der Waals surface area contributed by atoms with E-state index in [1.807, 2.05) is 0 Å². The van der Waals surface area contributed by atoms with E-state index >= 15 is 0 Å². The Balaban J connectivity index is 3.25. The van der Waals surface area contributed by atoms with E-state index in [4.69, 9.17) is 19.4 Å². The lowest BCUT2D eigenvalue weighted by atomic mass is 9.96. The average molecular weight is 140 g/mol. The number of rotatable bonds is 0. The first-order valence-electron chi connectivity index (χ1n) is 2.41. The highest BCUT2D eigenvalue weighted by molar-refractivity contribution is 6.45. The summed E-state index contributed by atoms with van der Waals surface area (Å²) in [5, 5.41) is -0.00231. The molecule has 1 aromatic rings. The fraction of sp³-hybridized carbons (Fsp3) is 0. The van der Waals surface area contributed by atoms with Crippen molar-refractivity contribution in [2.75, 3.05) is 0 Å². The van der Waals surface area contributed by atoms with Crippen LogP contribution in [0, 0.1) is 5.82 Å². The van der Waals surface area contributed by atoms with Gasteiger partial charge in [-0.25, -0.2) is 4.39 Å². The normalized spacial score (nSPS) is 9.56. The summed E-state index contributed by atoms with van der Waals surface area (Å²) in [7, 11) is 5.25. The molecule has 0 saturated heterocycles. The molecule has 9 heavy (non-hydrogen) atoms. The van der Waals surface area contributed by atoms with Gasteiger partial charge in [0.25, 0.3) is 0 Å². The Morgan fingerprint density at radius 2 is 2.11 bits per heavy atom. The average Bonchev–Trinajstić information content (AvgIpc) is 1.83. The van der Waals surface area contributed by atoms with E-state index in [9.17, 15) is 4.39 Å². The SMILES string of the molecule is [B]c1cccc(F)c1Cl. The van der Waals surface area contributed by atoms with E-state index in [2.05, 4.69) is 0 Å². The Morgan fingerprint density at radius 3 is 2.56 bits per heavy atom. The van der Waals surface area contributed by atoms with Crippen molar-refractivity contribution < 1.29 is 4.39 Å². The van der Waals surface area contributed by atoms with Crippen molar-refractivity contribution in [1.82, 2.24) is 0 Å². The molecule has 44 valence electrons. The lowest BCUT2D eigenvalue weighted by Crippen LogP contribution is -2.04. The summed E-state index contributed by atoms with van der Waals surface area (Å²) in [4.78, 5) is 0. The van der Waals surface area contributed by atoms with Crippen molar-refractivity contribution in [3.63, 3.8) is 0 Å². The molecule has 0 aliphatic rings. The zero-order valence-electron chi connectivity index (χ0n) is 4.57. The number of halogens is 2. The van der Waals surface area contributed by atoms with Crippen LogP contribution in [0.3, 0.4) is 0 Å². The molecule has 0 nitrogen and oxygen atoms in total. The lowest BCUT2D eigenvalue weighted by Gasteiger charge is -1.95. The Bertz CT molecular complexity index is 204. The highest BCUT2D eigenvalue weighted by atomic mass is 35.5. The molecule has 0 heterocycles. The Morgan fingerprint density at radius 1 is 1.44 bits per heavy atom. The number of hydrogen-bond acceptors (Lipinski definition) is 0. The minimum absolute atomic E-state index is 0.00231. The maximum Gasteiger partial charge on any atom is 0.141 e. The van der Waals surface area contributed by atoms with Crippen LogP contribution in [-0.2, 0) is 0 Å². The van der Waals surface area contributed by atoms with Gasteiger partial charge in [-0.3, -0.25) is 0 Å². The molecule has 0 saturated carbocycles. The summed E-state index contributed by atoms with van der Waals surface area (Å²) in [6.45, 7) is 0. The van der Waals surface area contributed by atoms with Crippen molar-refractivity contribution in [3.05, 3.63) is 29.0 Å². The zero-order valence-corrected chi connectivity index (χ0v) is 5.32. The Hall–Kier alpha value is -0.495. The van der Waals surface area contributed by atoms with Gasteiger partial charge >= 0.3 is 0 Å². The molecule has 0 spiro atoms. The summed E-state index contributed by atoms with van der Waals surface area (Å²) in [6, 6.07) is 4.32. The van der Waals surface area contributed by atoms with Gasteiger partial charge in [0, 0.05) is 0 Å². The predicted molar refractivity (Wildman–Crippen MR) is 36.8 cm³/mol. The van der Waals surface area contributed by atoms with Crippen LogP contribution in [0.15, 0.2) is 18.2 Å². The molecule has 0 aliphatic heterocycles. The molecule has 2 radical (unpaired) electrons. The molecule has 1 aromatic carbocycles. The fourth-order valence-corrected chi connectivity index (χ4v) is 0.646. The third-order valence-corrected chi connectivity index (χ3v) is 1.38. The summed E-state index contributed by atoms with van der Waals surface area (Å²) >= 11 is 5.38. The van der Waals surface area contributed by atoms with Gasteiger partial charge in [-0.1, -0.05) is 29.2 Å². The van der Waals surface area contributed by atoms with Gasteiger partial charge in [-0.2, -0.15) is 0 Å². The highest BCUT2D eigenvalue weighted by Crippen LogP contribution is 2.08. The number of benzene rings is 1. The molecule has 0 N–H and O–H groups in total. The van der Waals surface area contributed by atoms with Gasteiger partial charge in [-0.15, -0.1) is 0 Å². The van der Waals surface area contributed by atoms with E-state index in [1.54, 1.807) is 6.07 Å². The first kappa shape index (κ1) is 6.62. The van der Waals surface area contributed by atoms with Gasteiger partial charge in [-0.05, 0) is 6.07 Å². The monoisotopic (exact) mass is 140 g/mol. The minimum atomic E-state index is -0.475. The van der Waals surface area contributed by atoms with Crippen LogP contribution < -0.4 is 5.46 Å². The van der Waals surface area contributed by atoms with Crippen LogP contribution in [-0.4, -0.2) is 7.85 Å². The Labute approximate surface area is 59.1 Å². The number of hydrogen-bond donors (Lipinski definition) is 0. The van der Waals surface area contributed by atoms with Crippen molar-refractivity contribution in [2.45, 2.75) is 0 Å². The Kier molecular flexibility index (Phi) is 1.77. The van der Waals surface area contributed by atoms with Crippen molar-refractivity contribution in [1.29, 1.82) is 0 Å². The van der Waals surface area contributed by atoms with E-state index in [0.29, 0.717) is 0 Å². The van der Waals surface area contributed by atoms with Crippen LogP contribution in [0.5, 0.6) is 0 Å². The molecular formula is C6H3BClF. The van der Waals surface area contributed by atoms with Crippen LogP contribution in [0.2, 0.25) is 5.02 Å². The smallest absolute Gasteiger partial charge is 0.141 e. The lowest BCUT2D eigenvalue weighted by molar-refractivity contribution is 0.629. The summed E-state index contributed by atoms with van der Waals surface area (Å²) in [5.74, 6) is -0.475. The standard InChI is InChI=1S/C6H3BClF/c7-4-2-1-3-5(9)6(4)8/h1-3H. The summed E-state index contributed by atoms with van der Waals surface area (Å²) in [5.41, 5.74) is 0.275. The van der Waals surface area contributed by atoms with E-state index in [-0.39, 0.29) is 10.5 Å². The van der Waals surface area contributed by atoms with Gasteiger partial charge in [0.05, 0.1) is 5.02 Å². The predicted octanol–water partition coefficient (Wildman–Crippen LogP) is 1.27. The summed E-state index contributed by atoms with van der Waals surface area (Å²) < 4.78 is 12.4. The van der Waals surface area contributed by atoms with Crippen LogP contribution in [0.25, 0.3) is 0 Å². The molecule has 0 aliphatic carbocycles. The summed E-state index contributed by atoms with van der Waals surface area (Å²) in [6.07, 6.45) is 0. The van der Waals surface area contributed by atoms with E-state index < -0.39 is 5.82 Å². The molecule has 0 aromatic heterocycles. The van der Waals surface area contributed by atoms with E-state index in [1.165, 1.54) is 12.1 Å². The maximum atomic E-state index is 12.4. The highest BCUT2D eigenvalue weighted by Gasteiger charge is 1.98. The van der Waals surface area contributed by atoms with Crippen molar-refractivity contribution in [2.24, 2.45) is 0 Å². The molecule has 0 bridgehead atoms. The van der Waals surface area contributed by atoms with Gasteiger partial charge in [0.1, 0.15) is 13.7 Å². The molecule has 0 fully saturated rings. The van der Waals surface area contributed by atoms with Gasteiger partial charge in [0.2, 0.25) is 0 Å². The second-order valence-electron chi connectivity index (χ2n) is 1.64. The second kappa shape index (κ2) is 2.40. The van der Waals surface area contributed by atoms with Crippen LogP contribution in [0.1, 0.15) is 0 Å². The van der Waals surface area contributed by atoms with E-state index in [0.717, 1.165) is 0 Å². The molecule has 0 amide bonds. The fourth-order valence-electron chi connectivity index (χ4n) is 0.520. The van der Waals surface area contributed by atoms with Crippen molar-refractivity contribution >= 4 is 24.9 Å². The maximum absolute atomic E-state index is 12.4. The molecular weight excluding hydrogens is 137 g/mol. The molecule has 3 heteroatoms. The van der Waals surface area contributed by atoms with Gasteiger partial charge in [0.15, 0.2) is 0 Å². The van der Waals surface area contributed by atoms with Crippen LogP contribution in [0.4, 0.5) is 4.39 Å². The minimum Gasteiger partial charge on any atom is -0.205 e. The zero-order chi connectivity index (χ0) is 6.85. The first-order valence-corrected chi connectivity index (χ1v) is 2.79. The largest absolute Gasteiger partial charge is 0.205 e. The molecule has 0 unspecified atom stereocenters. The van der Waals surface area contributed by atoms with Crippen LogP contribution >= 0.6 is 11.6 Å². The molecule has 1 rings (SSSR count). The quantitative estimate of drug-likeness (QED) is 0.476. The topological polar surface area (TPSA) is 0 Å². The van der Waals surface area contributed by atoms with Gasteiger partial charge < -0.3 is 0 Å². The third kappa shape index (κ3) is 1.25. The first-order chi connectivity index (χ1) is 4.22. The third-order valence-electron chi connectivity index (χ3n) is 0.981.